The van der Waals surface area contributed by atoms with Gasteiger partial charge in [0.25, 0.3) is 0 Å². The Balaban J connectivity index is 1.52. The zero-order chi connectivity index (χ0) is 9.80. The molecule has 2 aliphatic carbocycles. The molecular weight excluding hydrogens is 170 g/mol. The predicted molar refractivity (Wildman–Crippen MR) is 61.4 cm³/mol. The fourth-order valence-corrected chi connectivity index (χ4v) is 2.38. The molecule has 0 aromatic rings. The number of nitrogens with one attached hydrogen (secondary N) is 1. The predicted octanol–water partition coefficient (Wildman–Crippen LogP) is 3.27. The van der Waals surface area contributed by atoms with Crippen LogP contribution in [0.1, 0.15) is 51.9 Å². The highest BCUT2D eigenvalue weighted by Gasteiger charge is 2.23. The number of hydrogen-bond acceptors (Lipinski definition) is 1. The summed E-state index contributed by atoms with van der Waals surface area (Å²) in [4.78, 5) is 0. The van der Waals surface area contributed by atoms with Gasteiger partial charge in [-0.3, -0.25) is 0 Å². The number of hydrogen-bond donors (Lipinski definition) is 1. The van der Waals surface area contributed by atoms with Crippen molar-refractivity contribution in [3.63, 3.8) is 0 Å². The first-order valence-corrected chi connectivity index (χ1v) is 6.26. The van der Waals surface area contributed by atoms with E-state index >= 15 is 0 Å². The normalized spacial score (nSPS) is 23.6. The van der Waals surface area contributed by atoms with Gasteiger partial charge in [-0.2, -0.15) is 0 Å². The lowest BCUT2D eigenvalue weighted by atomic mass is 10.1. The van der Waals surface area contributed by atoms with Crippen LogP contribution in [0.5, 0.6) is 0 Å². The van der Waals surface area contributed by atoms with Crippen LogP contribution in [0.15, 0.2) is 11.6 Å². The molecule has 0 saturated heterocycles. The molecule has 0 amide bonds. The molecule has 0 aliphatic heterocycles. The van der Waals surface area contributed by atoms with Crippen molar-refractivity contribution in [1.29, 1.82) is 0 Å². The molecular formula is C13H23N. The molecule has 2 aliphatic rings. The van der Waals surface area contributed by atoms with Gasteiger partial charge in [-0.05, 0) is 51.5 Å². The van der Waals surface area contributed by atoms with Gasteiger partial charge in [-0.25, -0.2) is 0 Å². The highest BCUT2D eigenvalue weighted by molar-refractivity contribution is 5.07. The third kappa shape index (κ3) is 3.45. The molecule has 1 unspecified atom stereocenters. The van der Waals surface area contributed by atoms with Gasteiger partial charge in [0.15, 0.2) is 0 Å². The molecule has 1 heteroatoms. The fourth-order valence-electron chi connectivity index (χ4n) is 2.38. The Morgan fingerprint density at radius 1 is 1.50 bits per heavy atom. The van der Waals surface area contributed by atoms with Gasteiger partial charge < -0.3 is 5.32 Å². The minimum Gasteiger partial charge on any atom is -0.314 e. The first-order valence-electron chi connectivity index (χ1n) is 6.26. The summed E-state index contributed by atoms with van der Waals surface area (Å²) in [5.41, 5.74) is 1.69. The standard InChI is InChI=1S/C13H23N/c1-11(10-13-6-7-13)14-9-8-12-4-2-3-5-12/h4,11,13-14H,2-3,5-10H2,1H3. The van der Waals surface area contributed by atoms with Crippen LogP contribution < -0.4 is 5.32 Å². The molecule has 0 heterocycles. The van der Waals surface area contributed by atoms with Crippen LogP contribution >= 0.6 is 0 Å². The van der Waals surface area contributed by atoms with Gasteiger partial charge in [0.1, 0.15) is 0 Å². The van der Waals surface area contributed by atoms with Crippen molar-refractivity contribution in [3.05, 3.63) is 11.6 Å². The Hall–Kier alpha value is -0.300. The van der Waals surface area contributed by atoms with Gasteiger partial charge in [-0.1, -0.05) is 24.5 Å². The second kappa shape index (κ2) is 4.97. The second-order valence-corrected chi connectivity index (χ2v) is 5.04. The fraction of sp³-hybridized carbons (Fsp3) is 0.846. The average Bonchev–Trinajstić information content (AvgIpc) is 2.82. The Morgan fingerprint density at radius 3 is 3.00 bits per heavy atom. The number of rotatable bonds is 6. The van der Waals surface area contributed by atoms with Crippen LogP contribution in [0.2, 0.25) is 0 Å². The van der Waals surface area contributed by atoms with Crippen molar-refractivity contribution in [2.45, 2.75) is 57.9 Å². The molecule has 1 saturated carbocycles. The van der Waals surface area contributed by atoms with Crippen LogP contribution in [0.3, 0.4) is 0 Å². The van der Waals surface area contributed by atoms with Crippen LogP contribution in [0.4, 0.5) is 0 Å². The summed E-state index contributed by atoms with van der Waals surface area (Å²) >= 11 is 0. The van der Waals surface area contributed by atoms with Crippen molar-refractivity contribution in [3.8, 4) is 0 Å². The van der Waals surface area contributed by atoms with Gasteiger partial charge in [0, 0.05) is 6.04 Å². The van der Waals surface area contributed by atoms with E-state index in [0.29, 0.717) is 0 Å². The summed E-state index contributed by atoms with van der Waals surface area (Å²) in [6.07, 6.45) is 12.2. The maximum Gasteiger partial charge on any atom is 0.00414 e. The molecule has 2 rings (SSSR count). The lowest BCUT2D eigenvalue weighted by Gasteiger charge is -2.13. The van der Waals surface area contributed by atoms with E-state index < -0.39 is 0 Å². The zero-order valence-electron chi connectivity index (χ0n) is 9.39. The topological polar surface area (TPSA) is 12.0 Å². The average molecular weight is 193 g/mol. The SMILES string of the molecule is CC(CC1CC1)NCCC1=CCCC1. The highest BCUT2D eigenvalue weighted by Crippen LogP contribution is 2.33. The lowest BCUT2D eigenvalue weighted by Crippen LogP contribution is -2.27. The van der Waals surface area contributed by atoms with Gasteiger partial charge in [0.2, 0.25) is 0 Å². The highest BCUT2D eigenvalue weighted by atomic mass is 14.9. The van der Waals surface area contributed by atoms with E-state index in [1.807, 2.05) is 0 Å². The Morgan fingerprint density at radius 2 is 2.36 bits per heavy atom. The Kier molecular flexibility index (Phi) is 3.63. The minimum atomic E-state index is 0.740. The maximum absolute atomic E-state index is 3.64. The summed E-state index contributed by atoms with van der Waals surface area (Å²) in [7, 11) is 0. The van der Waals surface area contributed by atoms with Crippen LogP contribution in [0.25, 0.3) is 0 Å². The van der Waals surface area contributed by atoms with Crippen molar-refractivity contribution < 1.29 is 0 Å². The molecule has 14 heavy (non-hydrogen) atoms. The third-order valence-corrected chi connectivity index (χ3v) is 3.46. The van der Waals surface area contributed by atoms with Gasteiger partial charge in [0.05, 0.1) is 0 Å². The van der Waals surface area contributed by atoms with E-state index in [4.69, 9.17) is 0 Å². The van der Waals surface area contributed by atoms with Crippen molar-refractivity contribution >= 4 is 0 Å². The largest absolute Gasteiger partial charge is 0.314 e. The first kappa shape index (κ1) is 10.2. The van der Waals surface area contributed by atoms with E-state index in [9.17, 15) is 0 Å². The Bertz CT molecular complexity index is 203. The quantitative estimate of drug-likeness (QED) is 0.638. The van der Waals surface area contributed by atoms with E-state index in [1.54, 1.807) is 5.57 Å². The van der Waals surface area contributed by atoms with E-state index in [-0.39, 0.29) is 0 Å². The summed E-state index contributed by atoms with van der Waals surface area (Å²) in [6, 6.07) is 0.740. The van der Waals surface area contributed by atoms with Crippen molar-refractivity contribution in [2.24, 2.45) is 5.92 Å². The van der Waals surface area contributed by atoms with Crippen molar-refractivity contribution in [1.82, 2.24) is 5.32 Å². The number of allylic oxidation sites excluding steroid dienone is 1. The van der Waals surface area contributed by atoms with Crippen LogP contribution in [-0.4, -0.2) is 12.6 Å². The molecule has 0 radical (unpaired) electrons. The molecule has 0 bridgehead atoms. The monoisotopic (exact) mass is 193 g/mol. The maximum atomic E-state index is 3.64. The molecule has 0 aromatic heterocycles. The van der Waals surface area contributed by atoms with Gasteiger partial charge >= 0.3 is 0 Å². The Labute approximate surface area is 88.0 Å². The summed E-state index contributed by atoms with van der Waals surface area (Å²) in [5.74, 6) is 1.06. The zero-order valence-corrected chi connectivity index (χ0v) is 9.39. The molecule has 1 N–H and O–H groups in total. The lowest BCUT2D eigenvalue weighted by molar-refractivity contribution is 0.490. The van der Waals surface area contributed by atoms with E-state index in [0.717, 1.165) is 12.0 Å². The smallest absolute Gasteiger partial charge is 0.00414 e. The van der Waals surface area contributed by atoms with E-state index in [1.165, 1.54) is 51.5 Å². The second-order valence-electron chi connectivity index (χ2n) is 5.04. The first-order chi connectivity index (χ1) is 6.84. The molecule has 0 aromatic carbocycles. The summed E-state index contributed by atoms with van der Waals surface area (Å²) in [5, 5.41) is 3.64. The molecule has 0 spiro atoms. The van der Waals surface area contributed by atoms with E-state index in [2.05, 4.69) is 18.3 Å². The minimum absolute atomic E-state index is 0.740. The van der Waals surface area contributed by atoms with Crippen LogP contribution in [-0.2, 0) is 0 Å². The summed E-state index contributed by atoms with van der Waals surface area (Å²) < 4.78 is 0. The molecule has 80 valence electrons. The van der Waals surface area contributed by atoms with Crippen LogP contribution in [0, 0.1) is 5.92 Å². The van der Waals surface area contributed by atoms with Gasteiger partial charge in [-0.15, -0.1) is 0 Å². The molecule has 1 fully saturated rings. The molecule has 1 nitrogen and oxygen atoms in total. The molecule has 1 atom stereocenters. The third-order valence-electron chi connectivity index (χ3n) is 3.46. The summed E-state index contributed by atoms with van der Waals surface area (Å²) in [6.45, 7) is 3.53. The van der Waals surface area contributed by atoms with Crippen molar-refractivity contribution in [2.75, 3.05) is 6.54 Å².